The third-order valence-corrected chi connectivity index (χ3v) is 7.10. The number of ether oxygens (including phenoxy) is 1. The molecule has 3 nitrogen and oxygen atoms in total. The summed E-state index contributed by atoms with van der Waals surface area (Å²) in [7, 11) is 0. The number of nitrogens with one attached hydrogen (secondary N) is 1. The Labute approximate surface area is 190 Å². The highest BCUT2D eigenvalue weighted by Crippen LogP contribution is 2.52. The van der Waals surface area contributed by atoms with Gasteiger partial charge in [-0.1, -0.05) is 66.7 Å². The first-order valence-electron chi connectivity index (χ1n) is 10.5. The molecule has 0 saturated heterocycles. The van der Waals surface area contributed by atoms with E-state index in [-0.39, 0.29) is 11.0 Å². The van der Waals surface area contributed by atoms with Crippen molar-refractivity contribution < 1.29 is 9.53 Å². The molecule has 0 spiro atoms. The van der Waals surface area contributed by atoms with Crippen LogP contribution in [0.25, 0.3) is 5.70 Å². The minimum atomic E-state index is -0.152. The molecule has 2 aliphatic rings. The van der Waals surface area contributed by atoms with Crippen molar-refractivity contribution in [2.45, 2.75) is 10.1 Å². The van der Waals surface area contributed by atoms with Crippen molar-refractivity contribution in [3.05, 3.63) is 125 Å². The molecular weight excluding hydrogens is 414 g/mol. The van der Waals surface area contributed by atoms with Gasteiger partial charge in [-0.05, 0) is 42.0 Å². The van der Waals surface area contributed by atoms with Gasteiger partial charge in [0.25, 0.3) is 0 Å². The van der Waals surface area contributed by atoms with Crippen LogP contribution in [0.4, 0.5) is 5.69 Å². The van der Waals surface area contributed by atoms with E-state index in [0.29, 0.717) is 0 Å². The van der Waals surface area contributed by atoms with E-state index in [1.807, 2.05) is 84.9 Å². The Morgan fingerprint density at radius 3 is 2.31 bits per heavy atom. The molecule has 4 aromatic rings. The van der Waals surface area contributed by atoms with E-state index in [1.165, 1.54) is 0 Å². The molecule has 0 amide bonds. The van der Waals surface area contributed by atoms with Gasteiger partial charge in [-0.25, -0.2) is 0 Å². The van der Waals surface area contributed by atoms with E-state index in [9.17, 15) is 4.79 Å². The van der Waals surface area contributed by atoms with Crippen molar-refractivity contribution in [3.63, 3.8) is 0 Å². The van der Waals surface area contributed by atoms with E-state index >= 15 is 0 Å². The zero-order valence-corrected chi connectivity index (χ0v) is 17.9. The van der Waals surface area contributed by atoms with Crippen LogP contribution < -0.4 is 10.1 Å². The predicted octanol–water partition coefficient (Wildman–Crippen LogP) is 7.35. The van der Waals surface area contributed by atoms with Gasteiger partial charge in [-0.15, -0.1) is 11.8 Å². The number of carbonyl (C=O) groups is 1. The molecule has 0 aromatic heterocycles. The Balaban J connectivity index is 1.47. The van der Waals surface area contributed by atoms with Gasteiger partial charge >= 0.3 is 0 Å². The number of ketones is 1. The fraction of sp³-hybridized carbons (Fsp3) is 0.0357. The standard InChI is InChI=1S/C28H19NO2S/c30-27-22-14-5-4-13-21(22)26-25(27)28(32-24-16-7-6-15-23(24)29-26)18-9-8-12-20(17-18)31-19-10-2-1-3-11-19/h1-17,28-29H. The van der Waals surface area contributed by atoms with Gasteiger partial charge in [0, 0.05) is 21.6 Å². The maximum absolute atomic E-state index is 13.6. The van der Waals surface area contributed by atoms with Crippen LogP contribution in [0, 0.1) is 0 Å². The average molecular weight is 434 g/mol. The van der Waals surface area contributed by atoms with Crippen LogP contribution in [0.3, 0.4) is 0 Å². The van der Waals surface area contributed by atoms with Crippen molar-refractivity contribution in [1.29, 1.82) is 0 Å². The number of rotatable bonds is 3. The molecule has 1 aliphatic heterocycles. The van der Waals surface area contributed by atoms with E-state index in [4.69, 9.17) is 4.74 Å². The van der Waals surface area contributed by atoms with Gasteiger partial charge in [0.15, 0.2) is 5.78 Å². The Kier molecular flexibility index (Phi) is 4.58. The second-order valence-electron chi connectivity index (χ2n) is 7.77. The van der Waals surface area contributed by atoms with Crippen LogP contribution in [0.5, 0.6) is 11.5 Å². The molecule has 0 bridgehead atoms. The van der Waals surface area contributed by atoms with Crippen molar-refractivity contribution in [2.24, 2.45) is 0 Å². The van der Waals surface area contributed by atoms with Crippen molar-refractivity contribution in [2.75, 3.05) is 5.32 Å². The third kappa shape index (κ3) is 3.20. The molecule has 4 aromatic carbocycles. The molecule has 1 N–H and O–H groups in total. The molecule has 0 fully saturated rings. The number of Topliss-reactive ketones (excluding diaryl/α,β-unsaturated/α-hetero) is 1. The topological polar surface area (TPSA) is 38.3 Å². The number of fused-ring (bicyclic) bond motifs is 3. The smallest absolute Gasteiger partial charge is 0.193 e. The third-order valence-electron chi connectivity index (χ3n) is 5.75. The summed E-state index contributed by atoms with van der Waals surface area (Å²) < 4.78 is 6.08. The first-order chi connectivity index (χ1) is 15.8. The fourth-order valence-corrected chi connectivity index (χ4v) is 5.56. The Bertz CT molecular complexity index is 1380. The molecule has 1 heterocycles. The minimum absolute atomic E-state index is 0.0859. The maximum Gasteiger partial charge on any atom is 0.193 e. The summed E-state index contributed by atoms with van der Waals surface area (Å²) in [5.41, 5.74) is 5.48. The SMILES string of the molecule is O=C1C2=C(Nc3ccccc3SC2c2cccc(Oc3ccccc3)c2)c2ccccc21. The lowest BCUT2D eigenvalue weighted by atomic mass is 10.0. The maximum atomic E-state index is 13.6. The van der Waals surface area contributed by atoms with E-state index in [2.05, 4.69) is 23.5 Å². The van der Waals surface area contributed by atoms with Crippen molar-refractivity contribution in [1.82, 2.24) is 0 Å². The van der Waals surface area contributed by atoms with Crippen LogP contribution in [-0.4, -0.2) is 5.78 Å². The zero-order valence-electron chi connectivity index (χ0n) is 17.1. The Morgan fingerprint density at radius 2 is 1.44 bits per heavy atom. The fourth-order valence-electron chi connectivity index (χ4n) is 4.28. The normalized spacial score (nSPS) is 16.5. The largest absolute Gasteiger partial charge is 0.457 e. The number of hydrogen-bond acceptors (Lipinski definition) is 4. The molecule has 1 atom stereocenters. The average Bonchev–Trinajstić information content (AvgIpc) is 3.00. The first kappa shape index (κ1) is 19.0. The molecule has 4 heteroatoms. The summed E-state index contributed by atoms with van der Waals surface area (Å²) in [6.45, 7) is 0. The summed E-state index contributed by atoms with van der Waals surface area (Å²) in [4.78, 5) is 14.7. The predicted molar refractivity (Wildman–Crippen MR) is 129 cm³/mol. The second kappa shape index (κ2) is 7.74. The van der Waals surface area contributed by atoms with Gasteiger partial charge in [-0.3, -0.25) is 4.79 Å². The quantitative estimate of drug-likeness (QED) is 0.367. The minimum Gasteiger partial charge on any atom is -0.457 e. The molecule has 6 rings (SSSR count). The first-order valence-corrected chi connectivity index (χ1v) is 11.4. The number of carbonyl (C=O) groups excluding carboxylic acids is 1. The van der Waals surface area contributed by atoms with Gasteiger partial charge in [-0.2, -0.15) is 0 Å². The van der Waals surface area contributed by atoms with Crippen LogP contribution in [0.15, 0.2) is 114 Å². The van der Waals surface area contributed by atoms with Gasteiger partial charge < -0.3 is 10.1 Å². The highest BCUT2D eigenvalue weighted by Gasteiger charge is 2.38. The summed E-state index contributed by atoms with van der Waals surface area (Å²) in [5, 5.41) is 3.42. The van der Waals surface area contributed by atoms with E-state index < -0.39 is 0 Å². The number of para-hydroxylation sites is 2. The molecule has 32 heavy (non-hydrogen) atoms. The molecule has 0 radical (unpaired) electrons. The van der Waals surface area contributed by atoms with E-state index in [1.54, 1.807) is 11.8 Å². The molecule has 0 saturated carbocycles. The number of anilines is 1. The van der Waals surface area contributed by atoms with Crippen molar-refractivity contribution in [3.8, 4) is 11.5 Å². The lowest BCUT2D eigenvalue weighted by molar-refractivity contribution is 0.103. The second-order valence-corrected chi connectivity index (χ2v) is 8.92. The van der Waals surface area contributed by atoms with Crippen LogP contribution in [-0.2, 0) is 0 Å². The molecule has 1 aliphatic carbocycles. The number of hydrogen-bond donors (Lipinski definition) is 1. The lowest BCUT2D eigenvalue weighted by Gasteiger charge is -2.18. The van der Waals surface area contributed by atoms with E-state index in [0.717, 1.165) is 50.0 Å². The monoisotopic (exact) mass is 433 g/mol. The van der Waals surface area contributed by atoms with Crippen molar-refractivity contribution >= 4 is 28.9 Å². The van der Waals surface area contributed by atoms with Gasteiger partial charge in [0.1, 0.15) is 11.5 Å². The molecular formula is C28H19NO2S. The number of benzene rings is 4. The lowest BCUT2D eigenvalue weighted by Crippen LogP contribution is -2.07. The zero-order chi connectivity index (χ0) is 21.5. The highest BCUT2D eigenvalue weighted by molar-refractivity contribution is 8.00. The highest BCUT2D eigenvalue weighted by atomic mass is 32.2. The van der Waals surface area contributed by atoms with Crippen LogP contribution in [0.1, 0.15) is 26.7 Å². The summed E-state index contributed by atoms with van der Waals surface area (Å²) in [6, 6.07) is 33.9. The number of thioether (sulfide) groups is 1. The molecule has 1 unspecified atom stereocenters. The van der Waals surface area contributed by atoms with Crippen LogP contribution >= 0.6 is 11.8 Å². The van der Waals surface area contributed by atoms with Gasteiger partial charge in [0.05, 0.1) is 16.6 Å². The van der Waals surface area contributed by atoms with Crippen LogP contribution in [0.2, 0.25) is 0 Å². The Morgan fingerprint density at radius 1 is 0.719 bits per heavy atom. The summed E-state index contributed by atoms with van der Waals surface area (Å²) in [5.74, 6) is 1.63. The van der Waals surface area contributed by atoms with Gasteiger partial charge in [0.2, 0.25) is 0 Å². The summed E-state index contributed by atoms with van der Waals surface area (Å²) in [6.07, 6.45) is 0. The molecule has 154 valence electrons. The summed E-state index contributed by atoms with van der Waals surface area (Å²) >= 11 is 1.70. The Hall–Kier alpha value is -3.76.